The molecule has 5 N–H and O–H groups in total. The summed E-state index contributed by atoms with van der Waals surface area (Å²) in [5.74, 6) is -1.98. The van der Waals surface area contributed by atoms with E-state index in [2.05, 4.69) is 5.32 Å². The summed E-state index contributed by atoms with van der Waals surface area (Å²) in [5.41, 5.74) is 6.32. The molecule has 0 saturated carbocycles. The maximum absolute atomic E-state index is 12.3. The van der Waals surface area contributed by atoms with Crippen LogP contribution in [0.5, 0.6) is 0 Å². The molecule has 1 unspecified atom stereocenters. The Labute approximate surface area is 165 Å². The Hall–Kier alpha value is -2.07. The molecule has 2 amide bonds. The number of carbonyl (C=O) groups excluding carboxylic acids is 2. The standard InChI is InChI=1S/C15H14ClN3O4S.C2H6O/c16-8-6-24-14-10(13(21)19(14)11(8)15(22)23)18-12(20)9(17)7-4-2-1-3-5-7;1-2-3/h1-5,9-10,14H,6,17H2,(H,18,20)(H,22,23);3H,2H2,1H3/t9?,10-,14-;/m1./s1. The third kappa shape index (κ3) is 4.44. The van der Waals surface area contributed by atoms with E-state index >= 15 is 0 Å². The number of aliphatic carboxylic acids is 1. The van der Waals surface area contributed by atoms with Crippen molar-refractivity contribution in [2.24, 2.45) is 5.73 Å². The van der Waals surface area contributed by atoms with Gasteiger partial charge in [-0.1, -0.05) is 41.9 Å². The Balaban J connectivity index is 0.000000817. The first-order chi connectivity index (χ1) is 12.8. The van der Waals surface area contributed by atoms with Crippen molar-refractivity contribution in [3.05, 3.63) is 46.6 Å². The molecule has 2 heterocycles. The van der Waals surface area contributed by atoms with Gasteiger partial charge in [-0.2, -0.15) is 0 Å². The number of nitrogens with two attached hydrogens (primary N) is 1. The molecule has 0 bridgehead atoms. The van der Waals surface area contributed by atoms with E-state index in [9.17, 15) is 19.5 Å². The molecule has 27 heavy (non-hydrogen) atoms. The normalized spacial score (nSPS) is 22.1. The summed E-state index contributed by atoms with van der Waals surface area (Å²) < 4.78 is 0. The highest BCUT2D eigenvalue weighted by Gasteiger charge is 2.54. The highest BCUT2D eigenvalue weighted by Crippen LogP contribution is 2.41. The van der Waals surface area contributed by atoms with E-state index < -0.39 is 35.2 Å². The number of β-lactam (4-membered cyclic amide) rings is 1. The van der Waals surface area contributed by atoms with E-state index in [1.165, 1.54) is 11.8 Å². The van der Waals surface area contributed by atoms with Crippen molar-refractivity contribution in [2.75, 3.05) is 12.4 Å². The van der Waals surface area contributed by atoms with Crippen molar-refractivity contribution in [2.45, 2.75) is 24.4 Å². The molecule has 1 fully saturated rings. The van der Waals surface area contributed by atoms with E-state index in [1.807, 2.05) is 6.07 Å². The van der Waals surface area contributed by atoms with Crippen LogP contribution in [-0.2, 0) is 14.4 Å². The topological polar surface area (TPSA) is 133 Å². The first-order valence-corrected chi connectivity index (χ1v) is 9.54. The zero-order valence-electron chi connectivity index (χ0n) is 14.5. The van der Waals surface area contributed by atoms with Crippen LogP contribution in [0, 0.1) is 0 Å². The van der Waals surface area contributed by atoms with Gasteiger partial charge in [-0.25, -0.2) is 4.79 Å². The zero-order chi connectivity index (χ0) is 20.1. The number of carbonyl (C=O) groups is 3. The highest BCUT2D eigenvalue weighted by atomic mass is 35.5. The first kappa shape index (κ1) is 21.2. The predicted molar refractivity (Wildman–Crippen MR) is 102 cm³/mol. The van der Waals surface area contributed by atoms with Gasteiger partial charge in [0.2, 0.25) is 5.91 Å². The Morgan fingerprint density at radius 3 is 2.56 bits per heavy atom. The Kier molecular flexibility index (Phi) is 7.25. The van der Waals surface area contributed by atoms with Crippen molar-refractivity contribution >= 4 is 41.1 Å². The van der Waals surface area contributed by atoms with E-state index in [0.717, 1.165) is 4.90 Å². The molecule has 3 rings (SSSR count). The van der Waals surface area contributed by atoms with Crippen LogP contribution in [0.25, 0.3) is 0 Å². The summed E-state index contributed by atoms with van der Waals surface area (Å²) in [6, 6.07) is 7.07. The summed E-state index contributed by atoms with van der Waals surface area (Å²) in [5, 5.41) is 19.0. The number of amides is 2. The van der Waals surface area contributed by atoms with Crippen LogP contribution in [0.2, 0.25) is 0 Å². The summed E-state index contributed by atoms with van der Waals surface area (Å²) in [4.78, 5) is 36.9. The maximum atomic E-state index is 12.3. The molecule has 0 aromatic heterocycles. The lowest BCUT2D eigenvalue weighted by Gasteiger charge is -2.48. The molecule has 1 saturated heterocycles. The van der Waals surface area contributed by atoms with Crippen molar-refractivity contribution < 1.29 is 24.6 Å². The monoisotopic (exact) mass is 413 g/mol. The van der Waals surface area contributed by atoms with Gasteiger partial charge >= 0.3 is 5.97 Å². The van der Waals surface area contributed by atoms with Crippen molar-refractivity contribution in [1.82, 2.24) is 10.2 Å². The van der Waals surface area contributed by atoms with E-state index in [4.69, 9.17) is 22.4 Å². The molecule has 2 aliphatic heterocycles. The molecular weight excluding hydrogens is 394 g/mol. The Morgan fingerprint density at radius 2 is 2.00 bits per heavy atom. The molecule has 1 aromatic rings. The molecule has 0 spiro atoms. The van der Waals surface area contributed by atoms with Gasteiger partial charge in [-0.3, -0.25) is 14.5 Å². The zero-order valence-corrected chi connectivity index (χ0v) is 16.0. The number of nitrogens with zero attached hydrogens (tertiary/aromatic N) is 1. The summed E-state index contributed by atoms with van der Waals surface area (Å²) in [6.07, 6.45) is 0. The summed E-state index contributed by atoms with van der Waals surface area (Å²) in [7, 11) is 0. The predicted octanol–water partition coefficient (Wildman–Crippen LogP) is 0.620. The van der Waals surface area contributed by atoms with Crippen LogP contribution in [-0.4, -0.2) is 56.7 Å². The van der Waals surface area contributed by atoms with Crippen LogP contribution in [0.15, 0.2) is 41.1 Å². The number of aliphatic hydroxyl groups is 1. The molecule has 146 valence electrons. The number of hydrogen-bond acceptors (Lipinski definition) is 6. The fourth-order valence-corrected chi connectivity index (χ4v) is 4.19. The number of carboxylic acid groups (broad SMARTS) is 1. The van der Waals surface area contributed by atoms with Gasteiger partial charge in [-0.15, -0.1) is 11.8 Å². The van der Waals surface area contributed by atoms with Gasteiger partial charge in [0.1, 0.15) is 23.2 Å². The number of aliphatic hydroxyl groups excluding tert-OH is 1. The van der Waals surface area contributed by atoms with Crippen LogP contribution >= 0.6 is 23.4 Å². The average molecular weight is 414 g/mol. The lowest BCUT2D eigenvalue weighted by molar-refractivity contribution is -0.150. The molecule has 2 aliphatic rings. The van der Waals surface area contributed by atoms with Gasteiger partial charge < -0.3 is 21.3 Å². The van der Waals surface area contributed by atoms with Crippen LogP contribution in [0.4, 0.5) is 0 Å². The molecule has 0 aliphatic carbocycles. The Bertz CT molecular complexity index is 758. The minimum Gasteiger partial charge on any atom is -0.477 e. The third-order valence-electron chi connectivity index (χ3n) is 3.86. The van der Waals surface area contributed by atoms with E-state index in [-0.39, 0.29) is 23.1 Å². The number of hydrogen-bond donors (Lipinski definition) is 4. The van der Waals surface area contributed by atoms with Gasteiger partial charge in [0.15, 0.2) is 0 Å². The lowest BCUT2D eigenvalue weighted by Crippen LogP contribution is -2.70. The van der Waals surface area contributed by atoms with Crippen molar-refractivity contribution in [3.63, 3.8) is 0 Å². The maximum Gasteiger partial charge on any atom is 0.353 e. The van der Waals surface area contributed by atoms with Crippen molar-refractivity contribution in [1.29, 1.82) is 0 Å². The number of fused-ring (bicyclic) bond motifs is 1. The van der Waals surface area contributed by atoms with E-state index in [1.54, 1.807) is 31.2 Å². The van der Waals surface area contributed by atoms with Crippen LogP contribution in [0.3, 0.4) is 0 Å². The fraction of sp³-hybridized carbons (Fsp3) is 0.353. The Morgan fingerprint density at radius 1 is 1.41 bits per heavy atom. The second-order valence-electron chi connectivity index (χ2n) is 5.66. The second-order valence-corrected chi connectivity index (χ2v) is 7.22. The van der Waals surface area contributed by atoms with Gasteiger partial charge in [-0.05, 0) is 12.5 Å². The highest BCUT2D eigenvalue weighted by molar-refractivity contribution is 8.00. The number of rotatable bonds is 4. The molecule has 1 aromatic carbocycles. The molecule has 8 nitrogen and oxygen atoms in total. The van der Waals surface area contributed by atoms with Gasteiger partial charge in [0.25, 0.3) is 5.91 Å². The number of nitrogens with one attached hydrogen (secondary N) is 1. The summed E-state index contributed by atoms with van der Waals surface area (Å²) >= 11 is 7.20. The summed E-state index contributed by atoms with van der Waals surface area (Å²) in [6.45, 7) is 1.93. The number of carboxylic acids is 1. The fourth-order valence-electron chi connectivity index (χ4n) is 2.64. The number of thioether (sulfide) groups is 1. The number of benzene rings is 1. The SMILES string of the molecule is CCO.NC(C(=O)N[C@@H]1C(=O)N2C(C(=O)O)=C(Cl)CS[C@H]12)c1ccccc1. The van der Waals surface area contributed by atoms with Gasteiger partial charge in [0, 0.05) is 12.4 Å². The minimum absolute atomic E-state index is 0.114. The number of halogens is 1. The minimum atomic E-state index is -1.26. The molecule has 3 atom stereocenters. The third-order valence-corrected chi connectivity index (χ3v) is 5.61. The first-order valence-electron chi connectivity index (χ1n) is 8.11. The second kappa shape index (κ2) is 9.23. The largest absolute Gasteiger partial charge is 0.477 e. The van der Waals surface area contributed by atoms with Crippen molar-refractivity contribution in [3.8, 4) is 0 Å². The molecule has 0 radical (unpaired) electrons. The van der Waals surface area contributed by atoms with Gasteiger partial charge in [0.05, 0.1) is 5.03 Å². The van der Waals surface area contributed by atoms with Crippen LogP contribution < -0.4 is 11.1 Å². The average Bonchev–Trinajstić information content (AvgIpc) is 2.66. The molecular formula is C17H20ClN3O5S. The quantitative estimate of drug-likeness (QED) is 0.532. The van der Waals surface area contributed by atoms with E-state index in [0.29, 0.717) is 5.56 Å². The lowest BCUT2D eigenvalue weighted by atomic mass is 10.0. The smallest absolute Gasteiger partial charge is 0.353 e. The molecule has 10 heteroatoms. The van der Waals surface area contributed by atoms with Crippen LogP contribution in [0.1, 0.15) is 18.5 Å².